The van der Waals surface area contributed by atoms with E-state index >= 15 is 0 Å². The van der Waals surface area contributed by atoms with Crippen molar-refractivity contribution in [2.75, 3.05) is 5.73 Å². The maximum atomic E-state index is 6.25. The van der Waals surface area contributed by atoms with Gasteiger partial charge in [0.25, 0.3) is 0 Å². The van der Waals surface area contributed by atoms with Gasteiger partial charge >= 0.3 is 0 Å². The van der Waals surface area contributed by atoms with Crippen molar-refractivity contribution < 1.29 is 0 Å². The summed E-state index contributed by atoms with van der Waals surface area (Å²) in [6.07, 6.45) is 0. The Labute approximate surface area is 157 Å². The van der Waals surface area contributed by atoms with Crippen LogP contribution in [0, 0.1) is 0 Å². The van der Waals surface area contributed by atoms with Crippen LogP contribution in [0.5, 0.6) is 0 Å². The topological polar surface area (TPSA) is 69.6 Å². The molecule has 25 heavy (non-hydrogen) atoms. The summed E-state index contributed by atoms with van der Waals surface area (Å²) in [5.41, 5.74) is 9.97. The smallest absolute Gasteiger partial charge is 0.165 e. The maximum absolute atomic E-state index is 6.25. The van der Waals surface area contributed by atoms with E-state index in [0.29, 0.717) is 18.1 Å². The summed E-state index contributed by atoms with van der Waals surface area (Å²) < 4.78 is 2.74. The van der Waals surface area contributed by atoms with E-state index in [1.165, 1.54) is 11.3 Å². The van der Waals surface area contributed by atoms with E-state index in [0.717, 1.165) is 26.3 Å². The van der Waals surface area contributed by atoms with Gasteiger partial charge in [0.1, 0.15) is 5.01 Å². The van der Waals surface area contributed by atoms with Crippen LogP contribution in [0.4, 0.5) is 5.82 Å². The van der Waals surface area contributed by atoms with Gasteiger partial charge < -0.3 is 5.73 Å². The van der Waals surface area contributed by atoms with Gasteiger partial charge in [0.05, 0.1) is 12.2 Å². The molecule has 124 valence electrons. The predicted molar refractivity (Wildman–Crippen MR) is 104 cm³/mol. The van der Waals surface area contributed by atoms with Crippen LogP contribution in [0.3, 0.4) is 0 Å². The molecule has 2 aromatic heterocycles. The second kappa shape index (κ2) is 6.78. The lowest BCUT2D eigenvalue weighted by atomic mass is 10.2. The first-order valence-electron chi connectivity index (χ1n) is 7.65. The summed E-state index contributed by atoms with van der Waals surface area (Å²) in [6, 6.07) is 18.1. The zero-order valence-corrected chi connectivity index (χ0v) is 15.5. The van der Waals surface area contributed by atoms with E-state index in [-0.39, 0.29) is 0 Å². The third-order valence-electron chi connectivity index (χ3n) is 3.80. The monoisotopic (exact) mass is 411 g/mol. The van der Waals surface area contributed by atoms with Crippen LogP contribution >= 0.6 is 27.3 Å². The zero-order chi connectivity index (χ0) is 17.2. The lowest BCUT2D eigenvalue weighted by Crippen LogP contribution is -2.06. The van der Waals surface area contributed by atoms with Crippen molar-refractivity contribution in [3.05, 3.63) is 70.0 Å². The molecule has 0 fully saturated rings. The van der Waals surface area contributed by atoms with Crippen LogP contribution in [-0.4, -0.2) is 20.0 Å². The average Bonchev–Trinajstić information content (AvgIpc) is 3.24. The number of nitrogens with two attached hydrogens (primary N) is 1. The van der Waals surface area contributed by atoms with Crippen LogP contribution in [0.15, 0.2) is 64.5 Å². The van der Waals surface area contributed by atoms with Crippen molar-refractivity contribution >= 4 is 33.1 Å². The third-order valence-corrected chi connectivity index (χ3v) is 5.17. The molecule has 7 heteroatoms. The summed E-state index contributed by atoms with van der Waals surface area (Å²) in [5.74, 6) is 0.528. The fourth-order valence-electron chi connectivity index (χ4n) is 2.48. The van der Waals surface area contributed by atoms with Crippen LogP contribution in [-0.2, 0) is 6.54 Å². The van der Waals surface area contributed by atoms with E-state index in [1.54, 1.807) is 4.68 Å². The van der Waals surface area contributed by atoms with Gasteiger partial charge in [0.2, 0.25) is 0 Å². The fourth-order valence-corrected chi connectivity index (χ4v) is 3.57. The van der Waals surface area contributed by atoms with Gasteiger partial charge in [-0.3, -0.25) is 0 Å². The number of hydrogen-bond donors (Lipinski definition) is 1. The number of benzene rings is 2. The Balaban J connectivity index is 1.62. The van der Waals surface area contributed by atoms with E-state index in [1.807, 2.05) is 60.0 Å². The molecule has 0 aliphatic heterocycles. The zero-order valence-electron chi connectivity index (χ0n) is 13.1. The molecule has 2 heterocycles. The SMILES string of the molecule is Nc1c(-c2nc(-c3ccc(Br)cc3)cs2)nnn1Cc1ccccc1. The van der Waals surface area contributed by atoms with Crippen molar-refractivity contribution in [2.24, 2.45) is 0 Å². The van der Waals surface area contributed by atoms with Crippen LogP contribution in [0.2, 0.25) is 0 Å². The van der Waals surface area contributed by atoms with Gasteiger partial charge in [0, 0.05) is 15.4 Å². The summed E-state index contributed by atoms with van der Waals surface area (Å²) >= 11 is 4.96. The normalized spacial score (nSPS) is 10.9. The Morgan fingerprint density at radius 3 is 2.56 bits per heavy atom. The third kappa shape index (κ3) is 3.33. The molecule has 0 saturated carbocycles. The fraction of sp³-hybridized carbons (Fsp3) is 0.0556. The molecule has 0 spiro atoms. The first-order valence-corrected chi connectivity index (χ1v) is 9.33. The number of halogens is 1. The predicted octanol–water partition coefficient (Wildman–Crippen LogP) is 4.46. The highest BCUT2D eigenvalue weighted by Gasteiger charge is 2.16. The highest BCUT2D eigenvalue weighted by Crippen LogP contribution is 2.31. The molecule has 2 N–H and O–H groups in total. The van der Waals surface area contributed by atoms with Crippen molar-refractivity contribution in [3.8, 4) is 22.0 Å². The summed E-state index contributed by atoms with van der Waals surface area (Å²) in [4.78, 5) is 4.67. The number of aromatic nitrogens is 4. The van der Waals surface area contributed by atoms with Crippen molar-refractivity contribution in [2.45, 2.75) is 6.54 Å². The molecule has 0 atom stereocenters. The number of nitrogens with zero attached hydrogens (tertiary/aromatic N) is 4. The Bertz CT molecular complexity index is 992. The van der Waals surface area contributed by atoms with Crippen molar-refractivity contribution in [3.63, 3.8) is 0 Å². The lowest BCUT2D eigenvalue weighted by Gasteiger charge is -2.03. The molecule has 4 rings (SSSR count). The van der Waals surface area contributed by atoms with E-state index in [9.17, 15) is 0 Å². The Hall–Kier alpha value is -2.51. The molecule has 4 aromatic rings. The molecule has 0 unspecified atom stereocenters. The standard InChI is InChI=1S/C18H14BrN5S/c19-14-8-6-13(7-9-14)15-11-25-18(21-15)16-17(20)24(23-22-16)10-12-4-2-1-3-5-12/h1-9,11H,10,20H2. The number of thiazole rings is 1. The van der Waals surface area contributed by atoms with E-state index < -0.39 is 0 Å². The Morgan fingerprint density at radius 1 is 1.04 bits per heavy atom. The Kier molecular flexibility index (Phi) is 4.33. The first kappa shape index (κ1) is 16.0. The van der Waals surface area contributed by atoms with Gasteiger partial charge in [-0.25, -0.2) is 9.67 Å². The number of nitrogen functional groups attached to an aromatic ring is 1. The van der Waals surface area contributed by atoms with Gasteiger partial charge in [0.15, 0.2) is 11.5 Å². The minimum Gasteiger partial charge on any atom is -0.382 e. The highest BCUT2D eigenvalue weighted by molar-refractivity contribution is 9.10. The summed E-state index contributed by atoms with van der Waals surface area (Å²) in [5, 5.41) is 11.2. The summed E-state index contributed by atoms with van der Waals surface area (Å²) in [7, 11) is 0. The van der Waals surface area contributed by atoms with Gasteiger partial charge in [-0.05, 0) is 17.7 Å². The lowest BCUT2D eigenvalue weighted by molar-refractivity contribution is 0.658. The maximum Gasteiger partial charge on any atom is 0.165 e. The first-order chi connectivity index (χ1) is 12.2. The van der Waals surface area contributed by atoms with Crippen molar-refractivity contribution in [1.82, 2.24) is 20.0 Å². The summed E-state index contributed by atoms with van der Waals surface area (Å²) in [6.45, 7) is 0.588. The van der Waals surface area contributed by atoms with Crippen molar-refractivity contribution in [1.29, 1.82) is 0 Å². The second-order valence-electron chi connectivity index (χ2n) is 5.51. The molecule has 0 radical (unpaired) electrons. The number of anilines is 1. The van der Waals surface area contributed by atoms with E-state index in [4.69, 9.17) is 5.73 Å². The molecule has 2 aromatic carbocycles. The van der Waals surface area contributed by atoms with Crippen LogP contribution in [0.1, 0.15) is 5.56 Å². The van der Waals surface area contributed by atoms with Gasteiger partial charge in [-0.1, -0.05) is 63.6 Å². The second-order valence-corrected chi connectivity index (χ2v) is 7.29. The molecular weight excluding hydrogens is 398 g/mol. The Morgan fingerprint density at radius 2 is 1.80 bits per heavy atom. The largest absolute Gasteiger partial charge is 0.382 e. The molecule has 0 bridgehead atoms. The minimum absolute atomic E-state index is 0.528. The highest BCUT2D eigenvalue weighted by atomic mass is 79.9. The molecule has 0 aliphatic carbocycles. The minimum atomic E-state index is 0.528. The molecule has 5 nitrogen and oxygen atoms in total. The molecular formula is C18H14BrN5S. The van der Waals surface area contributed by atoms with Gasteiger partial charge in [-0.2, -0.15) is 0 Å². The number of rotatable bonds is 4. The molecule has 0 saturated heterocycles. The molecule has 0 aliphatic rings. The van der Waals surface area contributed by atoms with Gasteiger partial charge in [-0.15, -0.1) is 16.4 Å². The molecule has 0 amide bonds. The quantitative estimate of drug-likeness (QED) is 0.537. The van der Waals surface area contributed by atoms with Crippen LogP contribution in [0.25, 0.3) is 22.0 Å². The average molecular weight is 412 g/mol. The van der Waals surface area contributed by atoms with Crippen LogP contribution < -0.4 is 5.73 Å². The number of hydrogen-bond acceptors (Lipinski definition) is 5. The van der Waals surface area contributed by atoms with E-state index in [2.05, 4.69) is 31.2 Å².